The molecule has 0 aromatic carbocycles. The Balaban J connectivity index is 1.91. The fourth-order valence-corrected chi connectivity index (χ4v) is 2.76. The summed E-state index contributed by atoms with van der Waals surface area (Å²) in [7, 11) is 4.31. The van der Waals surface area contributed by atoms with Gasteiger partial charge in [-0.25, -0.2) is 4.98 Å². The molecule has 0 spiro atoms. The van der Waals surface area contributed by atoms with E-state index in [1.165, 1.54) is 31.4 Å². The Labute approximate surface area is 123 Å². The van der Waals surface area contributed by atoms with Crippen molar-refractivity contribution < 1.29 is 0 Å². The Kier molecular flexibility index (Phi) is 5.80. The second-order valence-electron chi connectivity index (χ2n) is 5.79. The number of anilines is 1. The number of aromatic nitrogens is 1. The normalized spacial score (nSPS) is 19.9. The zero-order valence-corrected chi connectivity index (χ0v) is 13.1. The van der Waals surface area contributed by atoms with Crippen molar-refractivity contribution in [2.45, 2.75) is 38.8 Å². The number of hydrogen-bond donors (Lipinski definition) is 1. The van der Waals surface area contributed by atoms with Crippen LogP contribution in [0.3, 0.4) is 0 Å². The van der Waals surface area contributed by atoms with Crippen LogP contribution in [0.1, 0.15) is 31.7 Å². The molecule has 1 fully saturated rings. The largest absolute Gasteiger partial charge is 0.360 e. The van der Waals surface area contributed by atoms with Crippen molar-refractivity contribution in [2.75, 3.05) is 38.6 Å². The van der Waals surface area contributed by atoms with Crippen LogP contribution in [0.2, 0.25) is 0 Å². The molecular weight excluding hydrogens is 248 g/mol. The van der Waals surface area contributed by atoms with Crippen molar-refractivity contribution in [1.82, 2.24) is 15.2 Å². The van der Waals surface area contributed by atoms with Gasteiger partial charge in [0, 0.05) is 32.4 Å². The summed E-state index contributed by atoms with van der Waals surface area (Å²) in [4.78, 5) is 9.19. The predicted molar refractivity (Wildman–Crippen MR) is 85.2 cm³/mol. The van der Waals surface area contributed by atoms with Gasteiger partial charge in [-0.05, 0) is 58.0 Å². The Morgan fingerprint density at radius 1 is 1.25 bits per heavy atom. The molecule has 0 radical (unpaired) electrons. The highest BCUT2D eigenvalue weighted by atomic mass is 15.2. The van der Waals surface area contributed by atoms with Crippen molar-refractivity contribution in [1.29, 1.82) is 0 Å². The summed E-state index contributed by atoms with van der Waals surface area (Å²) in [5, 5.41) is 3.48. The molecular formula is C16H28N4. The van der Waals surface area contributed by atoms with Crippen molar-refractivity contribution in [3.05, 3.63) is 23.9 Å². The molecule has 1 N–H and O–H groups in total. The average Bonchev–Trinajstić information content (AvgIpc) is 2.76. The molecule has 1 aliphatic heterocycles. The lowest BCUT2D eigenvalue weighted by atomic mass is 10.1. The van der Waals surface area contributed by atoms with Crippen molar-refractivity contribution in [3.63, 3.8) is 0 Å². The standard InChI is InChI=1S/C16H28N4/c1-4-19(2)16-8-7-14(12-18-16)13-20(3)15-6-5-10-17-11-9-15/h7-8,12,15,17H,4-6,9-11,13H2,1-3H3. The fourth-order valence-electron chi connectivity index (χ4n) is 2.76. The molecule has 1 unspecified atom stereocenters. The van der Waals surface area contributed by atoms with E-state index in [9.17, 15) is 0 Å². The van der Waals surface area contributed by atoms with Crippen LogP contribution in [0.25, 0.3) is 0 Å². The van der Waals surface area contributed by atoms with Gasteiger partial charge in [0.05, 0.1) is 0 Å². The van der Waals surface area contributed by atoms with E-state index < -0.39 is 0 Å². The molecule has 1 aliphatic rings. The summed E-state index contributed by atoms with van der Waals surface area (Å²) in [6.45, 7) is 6.44. The summed E-state index contributed by atoms with van der Waals surface area (Å²) >= 11 is 0. The minimum atomic E-state index is 0.697. The molecule has 4 nitrogen and oxygen atoms in total. The van der Waals surface area contributed by atoms with Gasteiger partial charge in [0.2, 0.25) is 0 Å². The van der Waals surface area contributed by atoms with E-state index in [-0.39, 0.29) is 0 Å². The Hall–Kier alpha value is -1.13. The van der Waals surface area contributed by atoms with E-state index in [0.29, 0.717) is 6.04 Å². The summed E-state index contributed by atoms with van der Waals surface area (Å²) in [5.74, 6) is 1.05. The van der Waals surface area contributed by atoms with E-state index in [0.717, 1.165) is 25.5 Å². The highest BCUT2D eigenvalue weighted by Crippen LogP contribution is 2.16. The van der Waals surface area contributed by atoms with Gasteiger partial charge < -0.3 is 10.2 Å². The monoisotopic (exact) mass is 276 g/mol. The number of nitrogens with one attached hydrogen (secondary N) is 1. The lowest BCUT2D eigenvalue weighted by Crippen LogP contribution is -2.32. The molecule has 2 heterocycles. The van der Waals surface area contributed by atoms with Crippen LogP contribution in [0.15, 0.2) is 18.3 Å². The second kappa shape index (κ2) is 7.60. The first-order valence-corrected chi connectivity index (χ1v) is 7.77. The van der Waals surface area contributed by atoms with Crippen LogP contribution in [-0.2, 0) is 6.54 Å². The number of pyridine rings is 1. The predicted octanol–water partition coefficient (Wildman–Crippen LogP) is 2.11. The first-order chi connectivity index (χ1) is 9.70. The summed E-state index contributed by atoms with van der Waals surface area (Å²) in [6, 6.07) is 5.03. The third-order valence-corrected chi connectivity index (χ3v) is 4.28. The molecule has 0 saturated carbocycles. The second-order valence-corrected chi connectivity index (χ2v) is 5.79. The summed E-state index contributed by atoms with van der Waals surface area (Å²) < 4.78 is 0. The minimum Gasteiger partial charge on any atom is -0.360 e. The molecule has 4 heteroatoms. The van der Waals surface area contributed by atoms with E-state index in [4.69, 9.17) is 0 Å². The van der Waals surface area contributed by atoms with Crippen molar-refractivity contribution >= 4 is 5.82 Å². The van der Waals surface area contributed by atoms with Crippen molar-refractivity contribution in [2.24, 2.45) is 0 Å². The van der Waals surface area contributed by atoms with Gasteiger partial charge >= 0.3 is 0 Å². The summed E-state index contributed by atoms with van der Waals surface area (Å²) in [5.41, 5.74) is 1.30. The third-order valence-electron chi connectivity index (χ3n) is 4.28. The first-order valence-electron chi connectivity index (χ1n) is 7.77. The lowest BCUT2D eigenvalue weighted by Gasteiger charge is -2.27. The molecule has 1 aromatic rings. The van der Waals surface area contributed by atoms with Crippen LogP contribution < -0.4 is 10.2 Å². The molecule has 1 atom stereocenters. The summed E-state index contributed by atoms with van der Waals surface area (Å²) in [6.07, 6.45) is 5.86. The van der Waals surface area contributed by atoms with Crippen LogP contribution in [-0.4, -0.2) is 49.7 Å². The molecule has 0 bridgehead atoms. The van der Waals surface area contributed by atoms with E-state index in [1.54, 1.807) is 0 Å². The number of hydrogen-bond acceptors (Lipinski definition) is 4. The Bertz CT molecular complexity index is 382. The van der Waals surface area contributed by atoms with Gasteiger partial charge in [-0.15, -0.1) is 0 Å². The maximum atomic E-state index is 4.55. The Morgan fingerprint density at radius 2 is 2.10 bits per heavy atom. The molecule has 0 amide bonds. The molecule has 1 saturated heterocycles. The highest BCUT2D eigenvalue weighted by molar-refractivity contribution is 5.37. The smallest absolute Gasteiger partial charge is 0.128 e. The average molecular weight is 276 g/mol. The molecule has 20 heavy (non-hydrogen) atoms. The minimum absolute atomic E-state index is 0.697. The zero-order chi connectivity index (χ0) is 14.4. The van der Waals surface area contributed by atoms with Crippen LogP contribution in [0, 0.1) is 0 Å². The van der Waals surface area contributed by atoms with Gasteiger partial charge in [-0.1, -0.05) is 6.07 Å². The lowest BCUT2D eigenvalue weighted by molar-refractivity contribution is 0.216. The fraction of sp³-hybridized carbons (Fsp3) is 0.688. The maximum absolute atomic E-state index is 4.55. The van der Waals surface area contributed by atoms with E-state index >= 15 is 0 Å². The van der Waals surface area contributed by atoms with Gasteiger partial charge in [0.15, 0.2) is 0 Å². The van der Waals surface area contributed by atoms with Gasteiger partial charge in [0.25, 0.3) is 0 Å². The third kappa shape index (κ3) is 4.18. The SMILES string of the molecule is CCN(C)c1ccc(CN(C)C2CCCNCC2)cn1. The molecule has 2 rings (SSSR count). The quantitative estimate of drug-likeness (QED) is 0.892. The molecule has 1 aromatic heterocycles. The maximum Gasteiger partial charge on any atom is 0.128 e. The van der Waals surface area contributed by atoms with Crippen LogP contribution in [0.4, 0.5) is 5.82 Å². The van der Waals surface area contributed by atoms with E-state index in [2.05, 4.69) is 53.3 Å². The van der Waals surface area contributed by atoms with Gasteiger partial charge in [-0.3, -0.25) is 4.90 Å². The van der Waals surface area contributed by atoms with Crippen LogP contribution in [0.5, 0.6) is 0 Å². The highest BCUT2D eigenvalue weighted by Gasteiger charge is 2.16. The Morgan fingerprint density at radius 3 is 2.80 bits per heavy atom. The van der Waals surface area contributed by atoms with Crippen molar-refractivity contribution in [3.8, 4) is 0 Å². The van der Waals surface area contributed by atoms with E-state index in [1.807, 2.05) is 6.20 Å². The zero-order valence-electron chi connectivity index (χ0n) is 13.1. The van der Waals surface area contributed by atoms with Gasteiger partial charge in [-0.2, -0.15) is 0 Å². The van der Waals surface area contributed by atoms with Crippen LogP contribution >= 0.6 is 0 Å². The van der Waals surface area contributed by atoms with Gasteiger partial charge in [0.1, 0.15) is 5.82 Å². The first kappa shape index (κ1) is 15.3. The topological polar surface area (TPSA) is 31.4 Å². The molecule has 112 valence electrons. The number of rotatable bonds is 5. The molecule has 0 aliphatic carbocycles. The number of nitrogens with zero attached hydrogens (tertiary/aromatic N) is 3.